The minimum atomic E-state index is -0.201. The molecule has 94 valence electrons. The second-order valence-corrected chi connectivity index (χ2v) is 4.90. The maximum absolute atomic E-state index is 12.9. The van der Waals surface area contributed by atoms with Gasteiger partial charge in [-0.15, -0.1) is 5.10 Å². The van der Waals surface area contributed by atoms with Gasteiger partial charge < -0.3 is 5.73 Å². The minimum Gasteiger partial charge on any atom is -0.366 e. The molecule has 2 N–H and O–H groups in total. The predicted octanol–water partition coefficient (Wildman–Crippen LogP) is 2.29. The Hall–Kier alpha value is -1.91. The van der Waals surface area contributed by atoms with Crippen LogP contribution in [0.5, 0.6) is 0 Å². The summed E-state index contributed by atoms with van der Waals surface area (Å²) >= 11 is 0. The van der Waals surface area contributed by atoms with Gasteiger partial charge in [0, 0.05) is 18.4 Å². The number of fused-ring (bicyclic) bond motifs is 1. The summed E-state index contributed by atoms with van der Waals surface area (Å²) in [6, 6.07) is 6.70. The van der Waals surface area contributed by atoms with E-state index >= 15 is 0 Å². The molecule has 1 aromatic heterocycles. The molecule has 5 heteroatoms. The lowest BCUT2D eigenvalue weighted by molar-refractivity contribution is 0.382. The van der Waals surface area contributed by atoms with E-state index in [1.807, 2.05) is 16.8 Å². The number of nitrogens with two attached hydrogens (primary N) is 1. The summed E-state index contributed by atoms with van der Waals surface area (Å²) < 4.78 is 14.8. The van der Waals surface area contributed by atoms with Gasteiger partial charge in [0.15, 0.2) is 0 Å². The minimum absolute atomic E-state index is 0.201. The lowest BCUT2D eigenvalue weighted by Crippen LogP contribution is -2.22. The van der Waals surface area contributed by atoms with Gasteiger partial charge in [-0.05, 0) is 24.1 Å². The van der Waals surface area contributed by atoms with E-state index in [-0.39, 0.29) is 5.82 Å². The normalized spacial score (nSPS) is 22.8. The van der Waals surface area contributed by atoms with E-state index in [1.54, 1.807) is 0 Å². The molecule has 3 rings (SSSR count). The largest absolute Gasteiger partial charge is 0.366 e. The van der Waals surface area contributed by atoms with Crippen LogP contribution < -0.4 is 5.73 Å². The number of halogens is 1. The molecule has 0 fully saturated rings. The molecular formula is C13H15FN4. The molecule has 1 aliphatic heterocycles. The Morgan fingerprint density at radius 2 is 2.06 bits per heavy atom. The third kappa shape index (κ3) is 1.85. The molecule has 0 saturated carbocycles. The number of anilines is 1. The van der Waals surface area contributed by atoms with Crippen molar-refractivity contribution in [2.24, 2.45) is 0 Å². The fraction of sp³-hybridized carbons (Fsp3) is 0.385. The zero-order valence-electron chi connectivity index (χ0n) is 10.2. The van der Waals surface area contributed by atoms with Crippen molar-refractivity contribution in [2.75, 3.05) is 5.73 Å². The standard InChI is InChI=1S/C13H15FN4/c1-8-6-10(9-2-4-11(14)5-3-9)7-18-12(8)16-13(15)17-18/h2-5,8,10H,6-7H2,1H3,(H2,15,17). The molecule has 1 aromatic carbocycles. The molecule has 2 heterocycles. The number of benzene rings is 1. The molecule has 0 aliphatic carbocycles. The zero-order chi connectivity index (χ0) is 12.7. The van der Waals surface area contributed by atoms with E-state index in [4.69, 9.17) is 5.73 Å². The molecule has 0 amide bonds. The predicted molar refractivity (Wildman–Crippen MR) is 66.6 cm³/mol. The Bertz CT molecular complexity index is 561. The summed E-state index contributed by atoms with van der Waals surface area (Å²) in [5.41, 5.74) is 6.77. The Morgan fingerprint density at radius 3 is 2.78 bits per heavy atom. The van der Waals surface area contributed by atoms with Crippen molar-refractivity contribution in [3.8, 4) is 0 Å². The van der Waals surface area contributed by atoms with Gasteiger partial charge in [-0.25, -0.2) is 9.07 Å². The molecule has 18 heavy (non-hydrogen) atoms. The number of hydrogen-bond acceptors (Lipinski definition) is 3. The van der Waals surface area contributed by atoms with Crippen molar-refractivity contribution in [2.45, 2.75) is 31.7 Å². The number of rotatable bonds is 1. The molecule has 0 radical (unpaired) electrons. The third-order valence-electron chi connectivity index (χ3n) is 3.53. The summed E-state index contributed by atoms with van der Waals surface area (Å²) in [5.74, 6) is 1.74. The average Bonchev–Trinajstić information content (AvgIpc) is 2.71. The van der Waals surface area contributed by atoms with Crippen LogP contribution in [-0.2, 0) is 6.54 Å². The van der Waals surface area contributed by atoms with Crippen LogP contribution >= 0.6 is 0 Å². The van der Waals surface area contributed by atoms with Gasteiger partial charge in [-0.3, -0.25) is 0 Å². The quantitative estimate of drug-likeness (QED) is 0.839. The lowest BCUT2D eigenvalue weighted by atomic mass is 9.86. The lowest BCUT2D eigenvalue weighted by Gasteiger charge is -2.27. The van der Waals surface area contributed by atoms with E-state index in [1.165, 1.54) is 12.1 Å². The number of nitrogens with zero attached hydrogens (tertiary/aromatic N) is 3. The molecule has 0 spiro atoms. The summed E-state index contributed by atoms with van der Waals surface area (Å²) in [6.45, 7) is 2.88. The van der Waals surface area contributed by atoms with Crippen LogP contribution in [0.4, 0.5) is 10.3 Å². The van der Waals surface area contributed by atoms with E-state index in [9.17, 15) is 4.39 Å². The molecule has 2 atom stereocenters. The van der Waals surface area contributed by atoms with Crippen molar-refractivity contribution in [3.05, 3.63) is 41.5 Å². The molecular weight excluding hydrogens is 231 g/mol. The maximum Gasteiger partial charge on any atom is 0.239 e. The number of nitrogen functional groups attached to an aromatic ring is 1. The highest BCUT2D eigenvalue weighted by Gasteiger charge is 2.27. The van der Waals surface area contributed by atoms with Gasteiger partial charge >= 0.3 is 0 Å². The van der Waals surface area contributed by atoms with Crippen LogP contribution in [0, 0.1) is 5.82 Å². The van der Waals surface area contributed by atoms with Gasteiger partial charge in [-0.1, -0.05) is 19.1 Å². The van der Waals surface area contributed by atoms with Crippen LogP contribution in [-0.4, -0.2) is 14.8 Å². The molecule has 4 nitrogen and oxygen atoms in total. The first-order chi connectivity index (χ1) is 8.63. The van der Waals surface area contributed by atoms with Crippen LogP contribution in [0.2, 0.25) is 0 Å². The zero-order valence-corrected chi connectivity index (χ0v) is 10.2. The van der Waals surface area contributed by atoms with E-state index in [2.05, 4.69) is 17.0 Å². The van der Waals surface area contributed by atoms with Crippen LogP contribution in [0.3, 0.4) is 0 Å². The smallest absolute Gasteiger partial charge is 0.239 e. The van der Waals surface area contributed by atoms with Crippen molar-refractivity contribution in [1.29, 1.82) is 0 Å². The highest BCUT2D eigenvalue weighted by atomic mass is 19.1. The second-order valence-electron chi connectivity index (χ2n) is 4.90. The van der Waals surface area contributed by atoms with Crippen molar-refractivity contribution in [3.63, 3.8) is 0 Å². The van der Waals surface area contributed by atoms with Crippen molar-refractivity contribution >= 4 is 5.95 Å². The summed E-state index contributed by atoms with van der Waals surface area (Å²) in [4.78, 5) is 4.24. The highest BCUT2D eigenvalue weighted by molar-refractivity contribution is 5.24. The number of aromatic nitrogens is 3. The highest BCUT2D eigenvalue weighted by Crippen LogP contribution is 2.35. The molecule has 0 bridgehead atoms. The van der Waals surface area contributed by atoms with Gasteiger partial charge in [0.2, 0.25) is 5.95 Å². The van der Waals surface area contributed by atoms with E-state index < -0.39 is 0 Å². The molecule has 2 aromatic rings. The first-order valence-corrected chi connectivity index (χ1v) is 6.09. The summed E-state index contributed by atoms with van der Waals surface area (Å²) in [5, 5.41) is 4.20. The Balaban J connectivity index is 1.91. The third-order valence-corrected chi connectivity index (χ3v) is 3.53. The fourth-order valence-electron chi connectivity index (χ4n) is 2.66. The fourth-order valence-corrected chi connectivity index (χ4v) is 2.66. The maximum atomic E-state index is 12.9. The van der Waals surface area contributed by atoms with Gasteiger partial charge in [-0.2, -0.15) is 4.98 Å². The van der Waals surface area contributed by atoms with E-state index in [0.29, 0.717) is 17.8 Å². The Labute approximate surface area is 105 Å². The van der Waals surface area contributed by atoms with Crippen LogP contribution in [0.15, 0.2) is 24.3 Å². The van der Waals surface area contributed by atoms with Gasteiger partial charge in [0.05, 0.1) is 0 Å². The molecule has 2 unspecified atom stereocenters. The Kier molecular flexibility index (Phi) is 2.54. The Morgan fingerprint density at radius 1 is 1.33 bits per heavy atom. The van der Waals surface area contributed by atoms with Crippen molar-refractivity contribution < 1.29 is 4.39 Å². The van der Waals surface area contributed by atoms with Gasteiger partial charge in [0.25, 0.3) is 0 Å². The summed E-state index contributed by atoms with van der Waals surface area (Å²) in [7, 11) is 0. The first kappa shape index (κ1) is 11.2. The summed E-state index contributed by atoms with van der Waals surface area (Å²) in [6.07, 6.45) is 0.990. The van der Waals surface area contributed by atoms with E-state index in [0.717, 1.165) is 24.4 Å². The first-order valence-electron chi connectivity index (χ1n) is 6.09. The monoisotopic (exact) mass is 246 g/mol. The van der Waals surface area contributed by atoms with Gasteiger partial charge in [0.1, 0.15) is 11.6 Å². The van der Waals surface area contributed by atoms with Crippen molar-refractivity contribution in [1.82, 2.24) is 14.8 Å². The average molecular weight is 246 g/mol. The molecule has 0 saturated heterocycles. The molecule has 1 aliphatic rings. The number of hydrogen-bond donors (Lipinski definition) is 1. The van der Waals surface area contributed by atoms with Crippen LogP contribution in [0.1, 0.15) is 36.6 Å². The van der Waals surface area contributed by atoms with Crippen LogP contribution in [0.25, 0.3) is 0 Å². The SMILES string of the molecule is CC1CC(c2ccc(F)cc2)Cn2nc(N)nc21. The second kappa shape index (κ2) is 4.08. The topological polar surface area (TPSA) is 56.7 Å².